The van der Waals surface area contributed by atoms with Crippen molar-refractivity contribution in [1.82, 2.24) is 9.78 Å². The van der Waals surface area contributed by atoms with E-state index < -0.39 is 0 Å². The van der Waals surface area contributed by atoms with Crippen LogP contribution in [0.15, 0.2) is 24.4 Å². The summed E-state index contributed by atoms with van der Waals surface area (Å²) in [6.07, 6.45) is 1.99. The molecule has 1 aromatic heterocycles. The molecule has 0 unspecified atom stereocenters. The molecule has 0 aliphatic heterocycles. The maximum absolute atomic E-state index is 6.09. The molecule has 2 aromatic rings. The third-order valence-corrected chi connectivity index (χ3v) is 3.35. The molecule has 0 fully saturated rings. The van der Waals surface area contributed by atoms with E-state index in [1.54, 1.807) is 10.7 Å². The molecule has 0 spiro atoms. The van der Waals surface area contributed by atoms with Gasteiger partial charge in [-0.2, -0.15) is 5.10 Å². The molecule has 1 aromatic carbocycles. The van der Waals surface area contributed by atoms with Gasteiger partial charge in [0.2, 0.25) is 0 Å². The Kier molecular flexibility index (Phi) is 3.60. The zero-order chi connectivity index (χ0) is 12.4. The van der Waals surface area contributed by atoms with Crippen molar-refractivity contribution in [1.29, 1.82) is 0 Å². The quantitative estimate of drug-likeness (QED) is 0.922. The Morgan fingerprint density at radius 1 is 1.35 bits per heavy atom. The van der Waals surface area contributed by atoms with Gasteiger partial charge in [0.15, 0.2) is 0 Å². The summed E-state index contributed by atoms with van der Waals surface area (Å²) in [5.74, 6) is 0. The highest BCUT2D eigenvalue weighted by atomic mass is 35.5. The minimum absolute atomic E-state index is 0.552. The van der Waals surface area contributed by atoms with Crippen molar-refractivity contribution in [3.63, 3.8) is 0 Å². The number of nitrogens with zero attached hydrogens (tertiary/aromatic N) is 2. The van der Waals surface area contributed by atoms with Gasteiger partial charge in [-0.1, -0.05) is 29.3 Å². The van der Waals surface area contributed by atoms with E-state index in [9.17, 15) is 0 Å². The zero-order valence-corrected chi connectivity index (χ0v) is 11.2. The predicted octanol–water partition coefficient (Wildman–Crippen LogP) is 3.65. The lowest BCUT2D eigenvalue weighted by Crippen LogP contribution is -2.00. The minimum atomic E-state index is 0.552. The van der Waals surface area contributed by atoms with E-state index >= 15 is 0 Å². The van der Waals surface area contributed by atoms with Gasteiger partial charge in [0, 0.05) is 25.4 Å². The molecule has 0 aliphatic carbocycles. The van der Waals surface area contributed by atoms with E-state index in [1.165, 1.54) is 0 Å². The minimum Gasteiger partial charge on any atom is -0.380 e. The maximum atomic E-state index is 6.09. The van der Waals surface area contributed by atoms with Gasteiger partial charge in [0.1, 0.15) is 0 Å². The molecule has 1 heterocycles. The third-order valence-electron chi connectivity index (χ3n) is 2.54. The number of anilines is 1. The monoisotopic (exact) mass is 269 g/mol. The lowest BCUT2D eigenvalue weighted by atomic mass is 10.2. The van der Waals surface area contributed by atoms with Crippen LogP contribution < -0.4 is 5.32 Å². The van der Waals surface area contributed by atoms with Gasteiger partial charge in [-0.25, -0.2) is 0 Å². The summed E-state index contributed by atoms with van der Waals surface area (Å²) in [5.41, 5.74) is 2.99. The number of halogens is 2. The van der Waals surface area contributed by atoms with Crippen LogP contribution in [0.2, 0.25) is 10.0 Å². The van der Waals surface area contributed by atoms with Gasteiger partial charge in [-0.15, -0.1) is 0 Å². The standard InChI is InChI=1S/C12H13Cl2N3/c1-8-9(7-17(2)16-8)6-15-11-5-3-4-10(13)12(11)14/h3-5,7,15H,6H2,1-2H3. The zero-order valence-electron chi connectivity index (χ0n) is 9.67. The highest BCUT2D eigenvalue weighted by Crippen LogP contribution is 2.29. The number of hydrogen-bond acceptors (Lipinski definition) is 2. The lowest BCUT2D eigenvalue weighted by Gasteiger charge is -2.08. The molecule has 0 saturated heterocycles. The second-order valence-electron chi connectivity index (χ2n) is 3.87. The second-order valence-corrected chi connectivity index (χ2v) is 4.65. The summed E-state index contributed by atoms with van der Waals surface area (Å²) in [6, 6.07) is 5.54. The van der Waals surface area contributed by atoms with Gasteiger partial charge in [0.05, 0.1) is 21.4 Å². The molecule has 2 rings (SSSR count). The first-order chi connectivity index (χ1) is 8.08. The highest BCUT2D eigenvalue weighted by Gasteiger charge is 2.06. The maximum Gasteiger partial charge on any atom is 0.0823 e. The molecule has 0 bridgehead atoms. The number of rotatable bonds is 3. The molecule has 0 atom stereocenters. The lowest BCUT2D eigenvalue weighted by molar-refractivity contribution is 0.756. The second kappa shape index (κ2) is 4.98. The average Bonchev–Trinajstić information content (AvgIpc) is 2.60. The molecule has 3 nitrogen and oxygen atoms in total. The largest absolute Gasteiger partial charge is 0.380 e. The van der Waals surface area contributed by atoms with Crippen molar-refractivity contribution in [3.05, 3.63) is 45.7 Å². The fourth-order valence-corrected chi connectivity index (χ4v) is 2.02. The number of nitrogens with one attached hydrogen (secondary N) is 1. The summed E-state index contributed by atoms with van der Waals surface area (Å²) in [7, 11) is 1.91. The molecule has 0 saturated carbocycles. The molecular formula is C12H13Cl2N3. The first-order valence-corrected chi connectivity index (χ1v) is 6.00. The van der Waals surface area contributed by atoms with Crippen molar-refractivity contribution in [2.75, 3.05) is 5.32 Å². The van der Waals surface area contributed by atoms with Gasteiger partial charge in [-0.3, -0.25) is 4.68 Å². The van der Waals surface area contributed by atoms with Crippen LogP contribution in [0.5, 0.6) is 0 Å². The van der Waals surface area contributed by atoms with Crippen molar-refractivity contribution in [2.24, 2.45) is 7.05 Å². The van der Waals surface area contributed by atoms with Gasteiger partial charge < -0.3 is 5.32 Å². The Hall–Kier alpha value is -1.19. The number of aromatic nitrogens is 2. The van der Waals surface area contributed by atoms with Crippen LogP contribution in [0.4, 0.5) is 5.69 Å². The van der Waals surface area contributed by atoms with Crippen LogP contribution in [0.3, 0.4) is 0 Å². The SMILES string of the molecule is Cc1nn(C)cc1CNc1cccc(Cl)c1Cl. The van der Waals surface area contributed by atoms with Crippen LogP contribution in [0.1, 0.15) is 11.3 Å². The number of hydrogen-bond donors (Lipinski definition) is 1. The first kappa shape index (κ1) is 12.3. The van der Waals surface area contributed by atoms with Crippen LogP contribution in [-0.2, 0) is 13.6 Å². The Morgan fingerprint density at radius 2 is 2.12 bits per heavy atom. The molecule has 0 aliphatic rings. The first-order valence-electron chi connectivity index (χ1n) is 5.25. The number of benzene rings is 1. The normalized spacial score (nSPS) is 10.6. The summed E-state index contributed by atoms with van der Waals surface area (Å²) < 4.78 is 1.80. The Labute approximate surface area is 110 Å². The molecule has 17 heavy (non-hydrogen) atoms. The molecule has 0 radical (unpaired) electrons. The van der Waals surface area contributed by atoms with Crippen LogP contribution in [0, 0.1) is 6.92 Å². The predicted molar refractivity (Wildman–Crippen MR) is 71.7 cm³/mol. The number of aryl methyl sites for hydroxylation is 2. The average molecular weight is 270 g/mol. The molecule has 1 N–H and O–H groups in total. The fraction of sp³-hybridized carbons (Fsp3) is 0.250. The topological polar surface area (TPSA) is 29.9 Å². The van der Waals surface area contributed by atoms with E-state index in [0.29, 0.717) is 16.6 Å². The van der Waals surface area contributed by atoms with Crippen LogP contribution >= 0.6 is 23.2 Å². The highest BCUT2D eigenvalue weighted by molar-refractivity contribution is 6.43. The Morgan fingerprint density at radius 3 is 2.76 bits per heavy atom. The summed E-state index contributed by atoms with van der Waals surface area (Å²) >= 11 is 12.0. The van der Waals surface area contributed by atoms with E-state index in [4.69, 9.17) is 23.2 Å². The van der Waals surface area contributed by atoms with Crippen LogP contribution in [-0.4, -0.2) is 9.78 Å². The molecule has 0 amide bonds. The van der Waals surface area contributed by atoms with E-state index in [-0.39, 0.29) is 0 Å². The van der Waals surface area contributed by atoms with Gasteiger partial charge in [-0.05, 0) is 19.1 Å². The van der Waals surface area contributed by atoms with Gasteiger partial charge in [0.25, 0.3) is 0 Å². The smallest absolute Gasteiger partial charge is 0.0823 e. The van der Waals surface area contributed by atoms with Crippen molar-refractivity contribution >= 4 is 28.9 Å². The summed E-state index contributed by atoms with van der Waals surface area (Å²) in [4.78, 5) is 0. The Bertz CT molecular complexity index is 535. The van der Waals surface area contributed by atoms with Crippen molar-refractivity contribution in [3.8, 4) is 0 Å². The van der Waals surface area contributed by atoms with Crippen molar-refractivity contribution < 1.29 is 0 Å². The van der Waals surface area contributed by atoms with Crippen LogP contribution in [0.25, 0.3) is 0 Å². The van der Waals surface area contributed by atoms with E-state index in [1.807, 2.05) is 32.3 Å². The third kappa shape index (κ3) is 2.73. The van der Waals surface area contributed by atoms with E-state index in [2.05, 4.69) is 10.4 Å². The molecule has 90 valence electrons. The summed E-state index contributed by atoms with van der Waals surface area (Å²) in [5, 5.41) is 8.64. The van der Waals surface area contributed by atoms with E-state index in [0.717, 1.165) is 16.9 Å². The van der Waals surface area contributed by atoms with Gasteiger partial charge >= 0.3 is 0 Å². The Balaban J connectivity index is 2.12. The molecular weight excluding hydrogens is 257 g/mol. The summed E-state index contributed by atoms with van der Waals surface area (Å²) in [6.45, 7) is 2.66. The fourth-order valence-electron chi connectivity index (χ4n) is 1.65. The molecule has 5 heteroatoms. The van der Waals surface area contributed by atoms with Crippen molar-refractivity contribution in [2.45, 2.75) is 13.5 Å².